The van der Waals surface area contributed by atoms with E-state index in [1.54, 1.807) is 7.11 Å². The SMILES string of the molecule is COc1ccc(C2CCCCCN2Cc2ccc(C(N)=O)cc2)cc1. The molecule has 3 rings (SSSR count). The first-order chi connectivity index (χ1) is 12.2. The Morgan fingerprint density at radius 1 is 1.08 bits per heavy atom. The van der Waals surface area contributed by atoms with Crippen molar-refractivity contribution in [2.24, 2.45) is 5.73 Å². The van der Waals surface area contributed by atoms with Crippen LogP contribution in [0.1, 0.15) is 53.2 Å². The fraction of sp³-hybridized carbons (Fsp3) is 0.381. The molecule has 1 amide bonds. The van der Waals surface area contributed by atoms with E-state index in [0.29, 0.717) is 11.6 Å². The monoisotopic (exact) mass is 338 g/mol. The number of nitrogens with zero attached hydrogens (tertiary/aromatic N) is 1. The molecule has 2 aromatic rings. The molecule has 2 aromatic carbocycles. The van der Waals surface area contributed by atoms with Crippen LogP contribution in [0.15, 0.2) is 48.5 Å². The largest absolute Gasteiger partial charge is 0.497 e. The Morgan fingerprint density at radius 3 is 2.44 bits per heavy atom. The minimum Gasteiger partial charge on any atom is -0.497 e. The van der Waals surface area contributed by atoms with Gasteiger partial charge in [0, 0.05) is 18.2 Å². The van der Waals surface area contributed by atoms with E-state index in [-0.39, 0.29) is 5.91 Å². The predicted octanol–water partition coefficient (Wildman–Crippen LogP) is 3.91. The van der Waals surface area contributed by atoms with E-state index < -0.39 is 0 Å². The maximum atomic E-state index is 11.2. The molecule has 1 aliphatic rings. The van der Waals surface area contributed by atoms with Crippen molar-refractivity contribution in [1.29, 1.82) is 0 Å². The molecule has 1 unspecified atom stereocenters. The first kappa shape index (κ1) is 17.5. The summed E-state index contributed by atoms with van der Waals surface area (Å²) in [6.45, 7) is 1.98. The average molecular weight is 338 g/mol. The van der Waals surface area contributed by atoms with Gasteiger partial charge in [0.15, 0.2) is 0 Å². The number of rotatable bonds is 5. The molecule has 4 heteroatoms. The van der Waals surface area contributed by atoms with Crippen molar-refractivity contribution in [1.82, 2.24) is 4.90 Å². The van der Waals surface area contributed by atoms with Crippen LogP contribution in [0.25, 0.3) is 0 Å². The average Bonchev–Trinajstić information content (AvgIpc) is 2.88. The van der Waals surface area contributed by atoms with Gasteiger partial charge in [-0.3, -0.25) is 9.69 Å². The number of methoxy groups -OCH3 is 1. The van der Waals surface area contributed by atoms with Gasteiger partial charge in [-0.1, -0.05) is 37.1 Å². The smallest absolute Gasteiger partial charge is 0.248 e. The Bertz CT molecular complexity index is 695. The Kier molecular flexibility index (Phi) is 5.71. The molecule has 0 saturated carbocycles. The number of carbonyl (C=O) groups is 1. The molecule has 1 fully saturated rings. The normalized spacial score (nSPS) is 18.5. The summed E-state index contributed by atoms with van der Waals surface area (Å²) in [5.41, 5.74) is 8.45. The van der Waals surface area contributed by atoms with Crippen LogP contribution < -0.4 is 10.5 Å². The standard InChI is InChI=1S/C21H26N2O2/c1-25-19-12-10-17(11-13-19)20-5-3-2-4-14-23(20)15-16-6-8-18(9-7-16)21(22)24/h6-13,20H,2-5,14-15H2,1H3,(H2,22,24). The molecule has 1 saturated heterocycles. The minimum absolute atomic E-state index is 0.377. The fourth-order valence-corrected chi connectivity index (χ4v) is 3.57. The summed E-state index contributed by atoms with van der Waals surface area (Å²) in [6.07, 6.45) is 4.94. The summed E-state index contributed by atoms with van der Waals surface area (Å²) in [5, 5.41) is 0. The maximum Gasteiger partial charge on any atom is 0.248 e. The zero-order chi connectivity index (χ0) is 17.6. The molecule has 0 spiro atoms. The van der Waals surface area contributed by atoms with Crippen molar-refractivity contribution >= 4 is 5.91 Å². The van der Waals surface area contributed by atoms with Crippen LogP contribution in [0.4, 0.5) is 0 Å². The Labute approximate surface area is 149 Å². The summed E-state index contributed by atoms with van der Waals surface area (Å²) in [5.74, 6) is 0.517. The van der Waals surface area contributed by atoms with E-state index in [0.717, 1.165) is 18.8 Å². The zero-order valence-electron chi connectivity index (χ0n) is 14.8. The van der Waals surface area contributed by atoms with Crippen molar-refractivity contribution in [3.8, 4) is 5.75 Å². The molecule has 25 heavy (non-hydrogen) atoms. The number of likely N-dealkylation sites (tertiary alicyclic amines) is 1. The highest BCUT2D eigenvalue weighted by atomic mass is 16.5. The Morgan fingerprint density at radius 2 is 1.80 bits per heavy atom. The van der Waals surface area contributed by atoms with E-state index in [4.69, 9.17) is 10.5 Å². The van der Waals surface area contributed by atoms with Crippen LogP contribution in [0.2, 0.25) is 0 Å². The summed E-state index contributed by atoms with van der Waals surface area (Å²) in [6, 6.07) is 16.5. The zero-order valence-corrected chi connectivity index (χ0v) is 14.8. The predicted molar refractivity (Wildman–Crippen MR) is 99.6 cm³/mol. The van der Waals surface area contributed by atoms with Crippen LogP contribution >= 0.6 is 0 Å². The summed E-state index contributed by atoms with van der Waals surface area (Å²) < 4.78 is 5.28. The Hall–Kier alpha value is -2.33. The maximum absolute atomic E-state index is 11.2. The number of hydrogen-bond acceptors (Lipinski definition) is 3. The molecule has 2 N–H and O–H groups in total. The third-order valence-electron chi connectivity index (χ3n) is 4.99. The van der Waals surface area contributed by atoms with Gasteiger partial charge in [0.25, 0.3) is 0 Å². The molecular formula is C21H26N2O2. The third kappa shape index (κ3) is 4.40. The van der Waals surface area contributed by atoms with Crippen molar-refractivity contribution in [2.45, 2.75) is 38.3 Å². The van der Waals surface area contributed by atoms with Crippen LogP contribution in [-0.2, 0) is 6.54 Å². The minimum atomic E-state index is -0.377. The second-order valence-corrected chi connectivity index (χ2v) is 6.67. The van der Waals surface area contributed by atoms with Gasteiger partial charge < -0.3 is 10.5 Å². The first-order valence-corrected chi connectivity index (χ1v) is 8.94. The number of primary amides is 1. The fourth-order valence-electron chi connectivity index (χ4n) is 3.57. The van der Waals surface area contributed by atoms with Crippen LogP contribution in [0.3, 0.4) is 0 Å². The number of nitrogens with two attached hydrogens (primary N) is 1. The van der Waals surface area contributed by atoms with Gasteiger partial charge in [0.1, 0.15) is 5.75 Å². The molecule has 132 valence electrons. The highest BCUT2D eigenvalue weighted by Gasteiger charge is 2.22. The summed E-state index contributed by atoms with van der Waals surface area (Å²) in [4.78, 5) is 13.8. The second kappa shape index (κ2) is 8.17. The summed E-state index contributed by atoms with van der Waals surface area (Å²) >= 11 is 0. The van der Waals surface area contributed by atoms with Gasteiger partial charge in [0.05, 0.1) is 7.11 Å². The topological polar surface area (TPSA) is 55.6 Å². The lowest BCUT2D eigenvalue weighted by Crippen LogP contribution is -2.28. The molecule has 0 bridgehead atoms. The van der Waals surface area contributed by atoms with Gasteiger partial charge in [-0.15, -0.1) is 0 Å². The molecule has 1 atom stereocenters. The van der Waals surface area contributed by atoms with E-state index in [2.05, 4.69) is 17.0 Å². The highest BCUT2D eigenvalue weighted by molar-refractivity contribution is 5.92. The molecule has 1 aliphatic heterocycles. The third-order valence-corrected chi connectivity index (χ3v) is 4.99. The van der Waals surface area contributed by atoms with Crippen LogP contribution in [0.5, 0.6) is 5.75 Å². The van der Waals surface area contributed by atoms with Crippen LogP contribution in [-0.4, -0.2) is 24.5 Å². The van der Waals surface area contributed by atoms with Gasteiger partial charge in [0.2, 0.25) is 5.91 Å². The van der Waals surface area contributed by atoms with E-state index in [1.807, 2.05) is 36.4 Å². The van der Waals surface area contributed by atoms with E-state index in [1.165, 1.54) is 36.8 Å². The Balaban J connectivity index is 1.78. The van der Waals surface area contributed by atoms with E-state index >= 15 is 0 Å². The van der Waals surface area contributed by atoms with Crippen molar-refractivity contribution in [2.75, 3.05) is 13.7 Å². The highest BCUT2D eigenvalue weighted by Crippen LogP contribution is 2.32. The number of amides is 1. The quantitative estimate of drug-likeness (QED) is 0.899. The van der Waals surface area contributed by atoms with Gasteiger partial charge in [-0.2, -0.15) is 0 Å². The lowest BCUT2D eigenvalue weighted by Gasteiger charge is -2.30. The summed E-state index contributed by atoms with van der Waals surface area (Å²) in [7, 11) is 1.70. The lowest BCUT2D eigenvalue weighted by atomic mass is 10.00. The number of carbonyl (C=O) groups excluding carboxylic acids is 1. The first-order valence-electron chi connectivity index (χ1n) is 8.94. The second-order valence-electron chi connectivity index (χ2n) is 6.67. The molecule has 0 radical (unpaired) electrons. The van der Waals surface area contributed by atoms with E-state index in [9.17, 15) is 4.79 Å². The lowest BCUT2D eigenvalue weighted by molar-refractivity contribution is 0.1000. The van der Waals surface area contributed by atoms with Crippen molar-refractivity contribution < 1.29 is 9.53 Å². The number of ether oxygens (including phenoxy) is 1. The molecule has 1 heterocycles. The van der Waals surface area contributed by atoms with Gasteiger partial charge in [-0.05, 0) is 54.8 Å². The molecule has 0 aromatic heterocycles. The molecular weight excluding hydrogens is 312 g/mol. The van der Waals surface area contributed by atoms with Gasteiger partial charge in [-0.25, -0.2) is 0 Å². The number of hydrogen-bond donors (Lipinski definition) is 1. The molecule has 0 aliphatic carbocycles. The molecule has 4 nitrogen and oxygen atoms in total. The van der Waals surface area contributed by atoms with Crippen molar-refractivity contribution in [3.05, 3.63) is 65.2 Å². The van der Waals surface area contributed by atoms with Gasteiger partial charge >= 0.3 is 0 Å². The number of benzene rings is 2. The van der Waals surface area contributed by atoms with Crippen molar-refractivity contribution in [3.63, 3.8) is 0 Å². The van der Waals surface area contributed by atoms with Crippen LogP contribution in [0, 0.1) is 0 Å².